The van der Waals surface area contributed by atoms with E-state index in [0.29, 0.717) is 5.56 Å². The van der Waals surface area contributed by atoms with Crippen LogP contribution in [-0.4, -0.2) is 89.7 Å². The Kier molecular flexibility index (Phi) is 7.64. The molecule has 0 aliphatic carbocycles. The van der Waals surface area contributed by atoms with E-state index in [0.717, 1.165) is 43.2 Å². The number of nitrogens with one attached hydrogen (secondary N) is 1. The van der Waals surface area contributed by atoms with Crippen LogP contribution in [0.4, 0.5) is 23.7 Å². The van der Waals surface area contributed by atoms with Crippen molar-refractivity contribution in [2.75, 3.05) is 44.7 Å². The molecule has 2 aliphatic rings. The van der Waals surface area contributed by atoms with Gasteiger partial charge in [-0.2, -0.15) is 0 Å². The smallest absolute Gasteiger partial charge is 0.406 e. The first-order valence-electron chi connectivity index (χ1n) is 11.7. The fourth-order valence-corrected chi connectivity index (χ4v) is 4.32. The predicted molar refractivity (Wildman–Crippen MR) is 126 cm³/mol. The number of nitrogens with zero attached hydrogens (tertiary/aromatic N) is 5. The van der Waals surface area contributed by atoms with Crippen molar-refractivity contribution in [3.8, 4) is 5.75 Å². The molecule has 0 radical (unpaired) electrons. The number of imide groups is 1. The third kappa shape index (κ3) is 6.17. The van der Waals surface area contributed by atoms with E-state index < -0.39 is 36.3 Å². The molecule has 0 bridgehead atoms. The molecule has 2 aliphatic heterocycles. The monoisotopic (exact) mass is 520 g/mol. The van der Waals surface area contributed by atoms with Gasteiger partial charge in [0, 0.05) is 38.6 Å². The molecule has 10 nitrogen and oxygen atoms in total. The summed E-state index contributed by atoms with van der Waals surface area (Å²) < 4.78 is 41.4. The molecule has 3 heterocycles. The first-order chi connectivity index (χ1) is 17.5. The fourth-order valence-electron chi connectivity index (χ4n) is 4.32. The number of halogens is 3. The Labute approximate surface area is 211 Å². The maximum Gasteiger partial charge on any atom is 0.573 e. The fraction of sp³-hybridized carbons (Fsp3) is 0.417. The lowest BCUT2D eigenvalue weighted by Crippen LogP contribution is -2.51. The topological polar surface area (TPSA) is 98.3 Å². The van der Waals surface area contributed by atoms with Crippen molar-refractivity contribution in [3.63, 3.8) is 0 Å². The number of pyridine rings is 1. The van der Waals surface area contributed by atoms with E-state index in [2.05, 4.69) is 19.9 Å². The van der Waals surface area contributed by atoms with Crippen molar-refractivity contribution < 1.29 is 32.3 Å². The van der Waals surface area contributed by atoms with Gasteiger partial charge in [-0.3, -0.25) is 24.4 Å². The summed E-state index contributed by atoms with van der Waals surface area (Å²) in [6.45, 7) is 4.77. The van der Waals surface area contributed by atoms with Crippen LogP contribution in [0.25, 0.3) is 0 Å². The van der Waals surface area contributed by atoms with Crippen LogP contribution in [0, 0.1) is 0 Å². The van der Waals surface area contributed by atoms with Crippen LogP contribution < -0.4 is 15.0 Å². The summed E-state index contributed by atoms with van der Waals surface area (Å²) >= 11 is 0. The number of amides is 4. The minimum Gasteiger partial charge on any atom is -0.406 e. The molecule has 198 valence electrons. The second-order valence-electron chi connectivity index (χ2n) is 8.91. The van der Waals surface area contributed by atoms with Crippen LogP contribution in [0.2, 0.25) is 0 Å². The zero-order valence-corrected chi connectivity index (χ0v) is 20.3. The van der Waals surface area contributed by atoms with Gasteiger partial charge in [-0.1, -0.05) is 0 Å². The van der Waals surface area contributed by atoms with Crippen LogP contribution in [0.15, 0.2) is 48.8 Å². The van der Waals surface area contributed by atoms with E-state index >= 15 is 0 Å². The number of alkyl halides is 3. The van der Waals surface area contributed by atoms with E-state index in [1.807, 2.05) is 11.9 Å². The number of anilines is 1. The number of rotatable bonds is 7. The predicted octanol–water partition coefficient (Wildman–Crippen LogP) is 2.20. The number of urea groups is 1. The summed E-state index contributed by atoms with van der Waals surface area (Å²) in [6, 6.07) is 6.03. The quantitative estimate of drug-likeness (QED) is 0.559. The van der Waals surface area contributed by atoms with Gasteiger partial charge in [-0.05, 0) is 55.9 Å². The van der Waals surface area contributed by atoms with Gasteiger partial charge in [0.25, 0.3) is 5.91 Å². The normalized spacial score (nSPS) is 20.3. The van der Waals surface area contributed by atoms with Gasteiger partial charge < -0.3 is 15.0 Å². The van der Waals surface area contributed by atoms with E-state index in [4.69, 9.17) is 0 Å². The molecule has 2 atom stereocenters. The number of aromatic nitrogens is 1. The third-order valence-corrected chi connectivity index (χ3v) is 6.30. The molecule has 0 saturated carbocycles. The van der Waals surface area contributed by atoms with Crippen molar-refractivity contribution in [3.05, 3.63) is 54.4 Å². The van der Waals surface area contributed by atoms with Gasteiger partial charge in [0.1, 0.15) is 18.0 Å². The Morgan fingerprint density at radius 1 is 1.08 bits per heavy atom. The molecule has 1 aromatic heterocycles. The van der Waals surface area contributed by atoms with Gasteiger partial charge in [0.05, 0.1) is 12.2 Å². The molecule has 2 unspecified atom stereocenters. The summed E-state index contributed by atoms with van der Waals surface area (Å²) in [5.74, 6) is -1.38. The molecule has 2 fully saturated rings. The molecular weight excluding hydrogens is 493 g/mol. The standard InChI is InChI=1S/C24H27F3N6O4/c1-16-22(35)33(18-3-5-19(6-4-18)37-24(25,26)27)23(36)32(16)21(17-7-9-28-10-8-17)29-20(34)15-31-13-11-30(2)12-14-31/h3-10,16,21H,11-15H2,1-2H3,(H,29,34). The molecule has 0 spiro atoms. The van der Waals surface area contributed by atoms with Crippen molar-refractivity contribution in [1.82, 2.24) is 25.0 Å². The molecule has 37 heavy (non-hydrogen) atoms. The van der Waals surface area contributed by atoms with Gasteiger partial charge in [0.15, 0.2) is 0 Å². The number of carbonyl (C=O) groups is 3. The highest BCUT2D eigenvalue weighted by Gasteiger charge is 2.47. The number of ether oxygens (including phenoxy) is 1. The first kappa shape index (κ1) is 26.4. The summed E-state index contributed by atoms with van der Waals surface area (Å²) in [5, 5.41) is 2.88. The maximum atomic E-state index is 13.5. The maximum absolute atomic E-state index is 13.5. The summed E-state index contributed by atoms with van der Waals surface area (Å²) in [5.41, 5.74) is 0.626. The average Bonchev–Trinajstić information content (AvgIpc) is 3.07. The van der Waals surface area contributed by atoms with Gasteiger partial charge in [-0.25, -0.2) is 9.69 Å². The highest BCUT2D eigenvalue weighted by Crippen LogP contribution is 2.33. The molecule has 2 saturated heterocycles. The minimum atomic E-state index is -4.87. The van der Waals surface area contributed by atoms with Crippen LogP contribution in [0.3, 0.4) is 0 Å². The first-order valence-corrected chi connectivity index (χ1v) is 11.7. The van der Waals surface area contributed by atoms with E-state index in [1.54, 1.807) is 12.1 Å². The largest absolute Gasteiger partial charge is 0.573 e. The Morgan fingerprint density at radius 3 is 2.30 bits per heavy atom. The van der Waals surface area contributed by atoms with Crippen molar-refractivity contribution in [2.45, 2.75) is 25.5 Å². The summed E-state index contributed by atoms with van der Waals surface area (Å²) in [4.78, 5) is 49.9. The number of hydrogen-bond acceptors (Lipinski definition) is 7. The molecule has 1 aromatic carbocycles. The molecule has 1 N–H and O–H groups in total. The summed E-state index contributed by atoms with van der Waals surface area (Å²) in [7, 11) is 2.01. The van der Waals surface area contributed by atoms with Crippen LogP contribution in [0.5, 0.6) is 5.75 Å². The molecular formula is C24H27F3N6O4. The number of likely N-dealkylation sites (N-methyl/N-ethyl adjacent to an activating group) is 1. The zero-order valence-electron chi connectivity index (χ0n) is 20.3. The SMILES string of the molecule is CC1C(=O)N(c2ccc(OC(F)(F)F)cc2)C(=O)N1C(NC(=O)CN1CCN(C)CC1)c1ccncc1. The Morgan fingerprint density at radius 2 is 1.70 bits per heavy atom. The lowest BCUT2D eigenvalue weighted by molar-refractivity contribution is -0.274. The lowest BCUT2D eigenvalue weighted by Gasteiger charge is -2.34. The Hall–Kier alpha value is -3.71. The second kappa shape index (κ2) is 10.7. The second-order valence-corrected chi connectivity index (χ2v) is 8.91. The van der Waals surface area contributed by atoms with Crippen LogP contribution in [-0.2, 0) is 9.59 Å². The van der Waals surface area contributed by atoms with Gasteiger partial charge in [-0.15, -0.1) is 13.2 Å². The van der Waals surface area contributed by atoms with Crippen molar-refractivity contribution >= 4 is 23.5 Å². The summed E-state index contributed by atoms with van der Waals surface area (Å²) in [6.07, 6.45) is -2.81. The molecule has 4 amide bonds. The van der Waals surface area contributed by atoms with E-state index in [-0.39, 0.29) is 18.1 Å². The number of hydrogen-bond donors (Lipinski definition) is 1. The van der Waals surface area contributed by atoms with Crippen LogP contribution >= 0.6 is 0 Å². The van der Waals surface area contributed by atoms with E-state index in [9.17, 15) is 27.6 Å². The average molecular weight is 521 g/mol. The minimum absolute atomic E-state index is 0.0797. The highest BCUT2D eigenvalue weighted by molar-refractivity contribution is 6.21. The number of carbonyl (C=O) groups excluding carboxylic acids is 3. The Balaban J connectivity index is 1.55. The lowest BCUT2D eigenvalue weighted by atomic mass is 10.1. The third-order valence-electron chi connectivity index (χ3n) is 6.30. The molecule has 2 aromatic rings. The van der Waals surface area contributed by atoms with Crippen molar-refractivity contribution in [1.29, 1.82) is 0 Å². The Bertz CT molecular complexity index is 1120. The van der Waals surface area contributed by atoms with Gasteiger partial charge >= 0.3 is 12.4 Å². The number of benzene rings is 1. The molecule has 4 rings (SSSR count). The van der Waals surface area contributed by atoms with E-state index in [1.165, 1.54) is 36.4 Å². The van der Waals surface area contributed by atoms with Crippen LogP contribution in [0.1, 0.15) is 18.7 Å². The zero-order chi connectivity index (χ0) is 26.7. The highest BCUT2D eigenvalue weighted by atomic mass is 19.4. The molecule has 13 heteroatoms. The van der Waals surface area contributed by atoms with Crippen molar-refractivity contribution in [2.24, 2.45) is 0 Å². The number of piperazine rings is 1. The van der Waals surface area contributed by atoms with Gasteiger partial charge in [0.2, 0.25) is 5.91 Å².